The van der Waals surface area contributed by atoms with Gasteiger partial charge < -0.3 is 14.6 Å². The van der Waals surface area contributed by atoms with Crippen molar-refractivity contribution in [2.24, 2.45) is 0 Å². The zero-order chi connectivity index (χ0) is 11.3. The standard InChI is InChI=1S/C11H18N2O2/c1-4-9-5-6-10(15-9)7-12-8-11(14)13(2)3/h5-6,12H,4,7-8H2,1-3H3. The van der Waals surface area contributed by atoms with Crippen LogP contribution in [0.2, 0.25) is 0 Å². The van der Waals surface area contributed by atoms with Crippen LogP contribution in [0.1, 0.15) is 18.4 Å². The molecule has 0 aliphatic carbocycles. The van der Waals surface area contributed by atoms with Crippen LogP contribution in [0.5, 0.6) is 0 Å². The molecule has 0 fully saturated rings. The minimum Gasteiger partial charge on any atom is -0.465 e. The molecule has 84 valence electrons. The van der Waals surface area contributed by atoms with E-state index in [4.69, 9.17) is 4.42 Å². The van der Waals surface area contributed by atoms with Crippen molar-refractivity contribution < 1.29 is 9.21 Å². The van der Waals surface area contributed by atoms with E-state index in [1.165, 1.54) is 0 Å². The Kier molecular flexibility index (Phi) is 4.37. The number of nitrogens with one attached hydrogen (secondary N) is 1. The molecule has 0 radical (unpaired) electrons. The maximum absolute atomic E-state index is 11.2. The van der Waals surface area contributed by atoms with E-state index in [2.05, 4.69) is 5.32 Å². The highest BCUT2D eigenvalue weighted by Crippen LogP contribution is 2.07. The summed E-state index contributed by atoms with van der Waals surface area (Å²) in [5.41, 5.74) is 0. The van der Waals surface area contributed by atoms with E-state index in [1.807, 2.05) is 19.1 Å². The maximum Gasteiger partial charge on any atom is 0.236 e. The summed E-state index contributed by atoms with van der Waals surface area (Å²) in [5.74, 6) is 1.92. The summed E-state index contributed by atoms with van der Waals surface area (Å²) in [6, 6.07) is 3.90. The summed E-state index contributed by atoms with van der Waals surface area (Å²) >= 11 is 0. The van der Waals surface area contributed by atoms with Crippen molar-refractivity contribution in [2.45, 2.75) is 19.9 Å². The first-order valence-electron chi connectivity index (χ1n) is 5.12. The van der Waals surface area contributed by atoms with Gasteiger partial charge in [0.2, 0.25) is 5.91 Å². The van der Waals surface area contributed by atoms with Crippen LogP contribution in [0, 0.1) is 0 Å². The van der Waals surface area contributed by atoms with Gasteiger partial charge in [-0.05, 0) is 12.1 Å². The molecule has 1 heterocycles. The summed E-state index contributed by atoms with van der Waals surface area (Å²) in [7, 11) is 3.48. The van der Waals surface area contributed by atoms with Crippen LogP contribution >= 0.6 is 0 Å². The first-order valence-corrected chi connectivity index (χ1v) is 5.12. The van der Waals surface area contributed by atoms with Gasteiger partial charge in [-0.3, -0.25) is 4.79 Å². The third-order valence-electron chi connectivity index (χ3n) is 2.14. The average molecular weight is 210 g/mol. The Morgan fingerprint density at radius 1 is 1.40 bits per heavy atom. The lowest BCUT2D eigenvalue weighted by atomic mass is 10.3. The van der Waals surface area contributed by atoms with E-state index in [0.717, 1.165) is 17.9 Å². The van der Waals surface area contributed by atoms with E-state index in [9.17, 15) is 4.79 Å². The smallest absolute Gasteiger partial charge is 0.236 e. The number of nitrogens with zero attached hydrogens (tertiary/aromatic N) is 1. The summed E-state index contributed by atoms with van der Waals surface area (Å²) in [5, 5.41) is 3.04. The quantitative estimate of drug-likeness (QED) is 0.789. The monoisotopic (exact) mass is 210 g/mol. The molecular weight excluding hydrogens is 192 g/mol. The van der Waals surface area contributed by atoms with Crippen LogP contribution in [0.4, 0.5) is 0 Å². The molecule has 0 atom stereocenters. The average Bonchev–Trinajstić information content (AvgIpc) is 2.65. The molecule has 1 N–H and O–H groups in total. The molecule has 0 aliphatic heterocycles. The normalized spacial score (nSPS) is 10.3. The Labute approximate surface area is 90.3 Å². The molecule has 0 bridgehead atoms. The molecule has 0 saturated carbocycles. The number of carbonyl (C=O) groups excluding carboxylic acids is 1. The second-order valence-corrected chi connectivity index (χ2v) is 3.61. The zero-order valence-electron chi connectivity index (χ0n) is 9.54. The Hall–Kier alpha value is -1.29. The molecule has 0 unspecified atom stereocenters. The maximum atomic E-state index is 11.2. The van der Waals surface area contributed by atoms with Crippen LogP contribution in [0.25, 0.3) is 0 Å². The van der Waals surface area contributed by atoms with Crippen LogP contribution in [0.3, 0.4) is 0 Å². The van der Waals surface area contributed by atoms with Crippen molar-refractivity contribution in [3.8, 4) is 0 Å². The Balaban J connectivity index is 2.28. The fourth-order valence-corrected chi connectivity index (χ4v) is 1.16. The van der Waals surface area contributed by atoms with Crippen molar-refractivity contribution in [1.29, 1.82) is 0 Å². The molecule has 1 aromatic heterocycles. The van der Waals surface area contributed by atoms with E-state index in [1.54, 1.807) is 19.0 Å². The Morgan fingerprint density at radius 2 is 2.07 bits per heavy atom. The highest BCUT2D eigenvalue weighted by atomic mass is 16.3. The van der Waals surface area contributed by atoms with Crippen molar-refractivity contribution in [3.63, 3.8) is 0 Å². The lowest BCUT2D eigenvalue weighted by molar-refractivity contribution is -0.127. The number of amides is 1. The lowest BCUT2D eigenvalue weighted by Gasteiger charge is -2.09. The Morgan fingerprint density at radius 3 is 2.60 bits per heavy atom. The summed E-state index contributed by atoms with van der Waals surface area (Å²) < 4.78 is 5.49. The van der Waals surface area contributed by atoms with Crippen LogP contribution in [-0.4, -0.2) is 31.4 Å². The predicted molar refractivity (Wildman–Crippen MR) is 58.5 cm³/mol. The number of hydrogen-bond donors (Lipinski definition) is 1. The molecule has 4 heteroatoms. The summed E-state index contributed by atoms with van der Waals surface area (Å²) in [4.78, 5) is 12.8. The fourth-order valence-electron chi connectivity index (χ4n) is 1.16. The largest absolute Gasteiger partial charge is 0.465 e. The van der Waals surface area contributed by atoms with Gasteiger partial charge in [-0.25, -0.2) is 0 Å². The molecular formula is C11H18N2O2. The third kappa shape index (κ3) is 3.75. The minimum atomic E-state index is 0.0669. The molecule has 0 saturated heterocycles. The number of rotatable bonds is 5. The lowest BCUT2D eigenvalue weighted by Crippen LogP contribution is -2.32. The van der Waals surface area contributed by atoms with E-state index in [-0.39, 0.29) is 5.91 Å². The molecule has 4 nitrogen and oxygen atoms in total. The van der Waals surface area contributed by atoms with Crippen LogP contribution in [0.15, 0.2) is 16.5 Å². The predicted octanol–water partition coefficient (Wildman–Crippen LogP) is 1.02. The highest BCUT2D eigenvalue weighted by Gasteiger charge is 2.04. The molecule has 1 aromatic rings. The number of furan rings is 1. The van der Waals surface area contributed by atoms with Crippen LogP contribution < -0.4 is 5.32 Å². The van der Waals surface area contributed by atoms with Crippen LogP contribution in [-0.2, 0) is 17.8 Å². The van der Waals surface area contributed by atoms with Gasteiger partial charge in [-0.15, -0.1) is 0 Å². The van der Waals surface area contributed by atoms with Gasteiger partial charge in [0.15, 0.2) is 0 Å². The second kappa shape index (κ2) is 5.56. The molecule has 0 aromatic carbocycles. The van der Waals surface area contributed by atoms with Crippen molar-refractivity contribution in [2.75, 3.05) is 20.6 Å². The number of carbonyl (C=O) groups is 1. The topological polar surface area (TPSA) is 45.5 Å². The first-order chi connectivity index (χ1) is 7.13. The highest BCUT2D eigenvalue weighted by molar-refractivity contribution is 5.77. The Bertz CT molecular complexity index is 318. The van der Waals surface area contributed by atoms with Crippen molar-refractivity contribution >= 4 is 5.91 Å². The molecule has 1 rings (SSSR count). The molecule has 0 spiro atoms. The minimum absolute atomic E-state index is 0.0669. The molecule has 0 aliphatic rings. The number of likely N-dealkylation sites (N-methyl/N-ethyl adjacent to an activating group) is 1. The van der Waals surface area contributed by atoms with E-state index >= 15 is 0 Å². The van der Waals surface area contributed by atoms with Gasteiger partial charge in [-0.2, -0.15) is 0 Å². The SMILES string of the molecule is CCc1ccc(CNCC(=O)N(C)C)o1. The van der Waals surface area contributed by atoms with Gasteiger partial charge >= 0.3 is 0 Å². The van der Waals surface area contributed by atoms with E-state index < -0.39 is 0 Å². The van der Waals surface area contributed by atoms with Gasteiger partial charge in [0.1, 0.15) is 11.5 Å². The number of aryl methyl sites for hydroxylation is 1. The van der Waals surface area contributed by atoms with Gasteiger partial charge in [0.05, 0.1) is 13.1 Å². The molecule has 15 heavy (non-hydrogen) atoms. The summed E-state index contributed by atoms with van der Waals surface area (Å²) in [6.45, 7) is 2.99. The van der Waals surface area contributed by atoms with E-state index in [0.29, 0.717) is 13.1 Å². The van der Waals surface area contributed by atoms with Crippen molar-refractivity contribution in [1.82, 2.24) is 10.2 Å². The van der Waals surface area contributed by atoms with Gasteiger partial charge in [0, 0.05) is 20.5 Å². The summed E-state index contributed by atoms with van der Waals surface area (Å²) in [6.07, 6.45) is 0.899. The number of hydrogen-bond acceptors (Lipinski definition) is 3. The third-order valence-corrected chi connectivity index (χ3v) is 2.14. The molecule has 1 amide bonds. The zero-order valence-corrected chi connectivity index (χ0v) is 9.54. The second-order valence-electron chi connectivity index (χ2n) is 3.61. The fraction of sp³-hybridized carbons (Fsp3) is 0.545. The van der Waals surface area contributed by atoms with Crippen molar-refractivity contribution in [3.05, 3.63) is 23.7 Å². The first kappa shape index (κ1) is 11.8. The van der Waals surface area contributed by atoms with Gasteiger partial charge in [-0.1, -0.05) is 6.92 Å². The van der Waals surface area contributed by atoms with Gasteiger partial charge in [0.25, 0.3) is 0 Å².